The van der Waals surface area contributed by atoms with Gasteiger partial charge in [-0.25, -0.2) is 13.4 Å². The maximum absolute atomic E-state index is 12.7. The van der Waals surface area contributed by atoms with Crippen molar-refractivity contribution in [1.29, 1.82) is 0 Å². The van der Waals surface area contributed by atoms with Crippen LogP contribution in [0.3, 0.4) is 0 Å². The zero-order valence-corrected chi connectivity index (χ0v) is 16.8. The maximum atomic E-state index is 12.7. The summed E-state index contributed by atoms with van der Waals surface area (Å²) in [6, 6.07) is 6.17. The van der Waals surface area contributed by atoms with Crippen LogP contribution in [0.2, 0.25) is 0 Å². The average Bonchev–Trinajstić information content (AvgIpc) is 3.26. The topological polar surface area (TPSA) is 79.4 Å². The molecule has 3 rings (SSSR count). The zero-order chi connectivity index (χ0) is 18.9. The van der Waals surface area contributed by atoms with Crippen LogP contribution >= 0.6 is 11.3 Å². The first kappa shape index (κ1) is 19.0. The summed E-state index contributed by atoms with van der Waals surface area (Å²) in [6.45, 7) is 7.24. The number of amides is 1. The molecule has 140 valence electrons. The van der Waals surface area contributed by atoms with Crippen molar-refractivity contribution in [3.05, 3.63) is 40.9 Å². The molecule has 0 radical (unpaired) electrons. The second kappa shape index (κ2) is 7.09. The Labute approximate surface area is 158 Å². The van der Waals surface area contributed by atoms with Crippen molar-refractivity contribution in [1.82, 2.24) is 9.29 Å². The van der Waals surface area contributed by atoms with E-state index in [0.717, 1.165) is 18.5 Å². The molecule has 1 aromatic carbocycles. The van der Waals surface area contributed by atoms with E-state index in [2.05, 4.69) is 31.1 Å². The molecular weight excluding hydrogens is 370 g/mol. The third-order valence-electron chi connectivity index (χ3n) is 4.29. The number of carbonyl (C=O) groups excluding carboxylic acids is 1. The molecule has 1 amide bonds. The van der Waals surface area contributed by atoms with E-state index in [1.165, 1.54) is 27.8 Å². The Morgan fingerprint density at radius 1 is 1.23 bits per heavy atom. The molecule has 1 aliphatic heterocycles. The van der Waals surface area contributed by atoms with Crippen LogP contribution in [0.15, 0.2) is 34.5 Å². The highest BCUT2D eigenvalue weighted by Crippen LogP contribution is 2.27. The first-order chi connectivity index (χ1) is 12.2. The van der Waals surface area contributed by atoms with Gasteiger partial charge in [-0.05, 0) is 31.0 Å². The van der Waals surface area contributed by atoms with Gasteiger partial charge in [-0.1, -0.05) is 26.8 Å². The Bertz CT molecular complexity index is 908. The lowest BCUT2D eigenvalue weighted by Gasteiger charge is -2.16. The molecule has 8 heteroatoms. The molecule has 6 nitrogen and oxygen atoms in total. The lowest BCUT2D eigenvalue weighted by molar-refractivity contribution is 0.102. The third kappa shape index (κ3) is 3.97. The van der Waals surface area contributed by atoms with E-state index in [0.29, 0.717) is 23.8 Å². The van der Waals surface area contributed by atoms with E-state index in [1.807, 2.05) is 5.38 Å². The molecule has 0 unspecified atom stereocenters. The molecule has 2 heterocycles. The molecule has 0 spiro atoms. The molecule has 1 saturated heterocycles. The number of anilines is 1. The van der Waals surface area contributed by atoms with E-state index in [1.54, 1.807) is 12.1 Å². The van der Waals surface area contributed by atoms with Crippen molar-refractivity contribution in [2.75, 3.05) is 18.4 Å². The molecule has 0 bridgehead atoms. The standard InChI is InChI=1S/C18H23N3O3S2/c1-18(2,3)15-12-25-17(19-15)20-16(22)13-7-6-8-14(11-13)26(23,24)21-9-4-5-10-21/h6-8,11-12H,4-5,9-10H2,1-3H3,(H,19,20,22). The zero-order valence-electron chi connectivity index (χ0n) is 15.2. The Morgan fingerprint density at radius 3 is 2.54 bits per heavy atom. The number of aromatic nitrogens is 1. The van der Waals surface area contributed by atoms with E-state index in [4.69, 9.17) is 0 Å². The lowest BCUT2D eigenvalue weighted by atomic mass is 9.93. The fourth-order valence-corrected chi connectivity index (χ4v) is 5.22. The van der Waals surface area contributed by atoms with Gasteiger partial charge >= 0.3 is 0 Å². The van der Waals surface area contributed by atoms with E-state index in [9.17, 15) is 13.2 Å². The lowest BCUT2D eigenvalue weighted by Crippen LogP contribution is -2.28. The minimum Gasteiger partial charge on any atom is -0.298 e. The van der Waals surface area contributed by atoms with Crippen LogP contribution in [-0.4, -0.2) is 36.7 Å². The molecule has 1 N–H and O–H groups in total. The summed E-state index contributed by atoms with van der Waals surface area (Å²) in [7, 11) is -3.54. The molecule has 0 saturated carbocycles. The van der Waals surface area contributed by atoms with Crippen molar-refractivity contribution in [2.24, 2.45) is 0 Å². The second-order valence-electron chi connectivity index (χ2n) is 7.38. The van der Waals surface area contributed by atoms with Crippen LogP contribution in [0.5, 0.6) is 0 Å². The first-order valence-electron chi connectivity index (χ1n) is 8.55. The summed E-state index contributed by atoms with van der Waals surface area (Å²) < 4.78 is 26.8. The average molecular weight is 394 g/mol. The molecule has 1 fully saturated rings. The Balaban J connectivity index is 1.79. The highest BCUT2D eigenvalue weighted by molar-refractivity contribution is 7.89. The van der Waals surface area contributed by atoms with Crippen LogP contribution in [0.4, 0.5) is 5.13 Å². The fraction of sp³-hybridized carbons (Fsp3) is 0.444. The van der Waals surface area contributed by atoms with Crippen molar-refractivity contribution in [3.63, 3.8) is 0 Å². The molecule has 1 aliphatic rings. The molecule has 0 atom stereocenters. The van der Waals surface area contributed by atoms with Gasteiger partial charge in [-0.3, -0.25) is 10.1 Å². The van der Waals surface area contributed by atoms with E-state index < -0.39 is 10.0 Å². The SMILES string of the molecule is CC(C)(C)c1csc(NC(=O)c2cccc(S(=O)(=O)N3CCCC3)c2)n1. The third-order valence-corrected chi connectivity index (χ3v) is 6.94. The molecular formula is C18H23N3O3S2. The number of sulfonamides is 1. The largest absolute Gasteiger partial charge is 0.298 e. The summed E-state index contributed by atoms with van der Waals surface area (Å²) in [5, 5.41) is 5.19. The molecule has 0 aliphatic carbocycles. The van der Waals surface area contributed by atoms with Crippen LogP contribution in [0.1, 0.15) is 49.7 Å². The summed E-state index contributed by atoms with van der Waals surface area (Å²) in [5.74, 6) is -0.363. The van der Waals surface area contributed by atoms with Gasteiger partial charge in [0.15, 0.2) is 5.13 Å². The van der Waals surface area contributed by atoms with Gasteiger partial charge in [0, 0.05) is 29.4 Å². The van der Waals surface area contributed by atoms with E-state index >= 15 is 0 Å². The molecule has 26 heavy (non-hydrogen) atoms. The summed E-state index contributed by atoms with van der Waals surface area (Å²) in [5.41, 5.74) is 1.12. The number of nitrogens with zero attached hydrogens (tertiary/aromatic N) is 2. The minimum atomic E-state index is -3.54. The maximum Gasteiger partial charge on any atom is 0.257 e. The second-order valence-corrected chi connectivity index (χ2v) is 10.2. The first-order valence-corrected chi connectivity index (χ1v) is 10.9. The van der Waals surface area contributed by atoms with Gasteiger partial charge in [-0.15, -0.1) is 11.3 Å². The number of nitrogens with one attached hydrogen (secondary N) is 1. The van der Waals surface area contributed by atoms with Gasteiger partial charge in [0.2, 0.25) is 10.0 Å². The normalized spacial score (nSPS) is 16.0. The summed E-state index contributed by atoms with van der Waals surface area (Å²) in [4.78, 5) is 17.1. The van der Waals surface area contributed by atoms with Gasteiger partial charge in [0.25, 0.3) is 5.91 Å². The number of carbonyl (C=O) groups is 1. The van der Waals surface area contributed by atoms with Gasteiger partial charge < -0.3 is 0 Å². The fourth-order valence-electron chi connectivity index (χ4n) is 2.72. The Morgan fingerprint density at radius 2 is 1.92 bits per heavy atom. The monoisotopic (exact) mass is 393 g/mol. The van der Waals surface area contributed by atoms with Crippen molar-refractivity contribution >= 4 is 32.4 Å². The molecule has 1 aromatic heterocycles. The Kier molecular flexibility index (Phi) is 5.18. The van der Waals surface area contributed by atoms with Crippen LogP contribution < -0.4 is 5.32 Å². The number of rotatable bonds is 4. The van der Waals surface area contributed by atoms with Crippen LogP contribution in [0, 0.1) is 0 Å². The van der Waals surface area contributed by atoms with Crippen LogP contribution in [-0.2, 0) is 15.4 Å². The van der Waals surface area contributed by atoms with Crippen molar-refractivity contribution in [3.8, 4) is 0 Å². The van der Waals surface area contributed by atoms with Gasteiger partial charge in [-0.2, -0.15) is 4.31 Å². The van der Waals surface area contributed by atoms with E-state index in [-0.39, 0.29) is 16.2 Å². The summed E-state index contributed by atoms with van der Waals surface area (Å²) in [6.07, 6.45) is 1.75. The number of hydrogen-bond acceptors (Lipinski definition) is 5. The highest BCUT2D eigenvalue weighted by atomic mass is 32.2. The highest BCUT2D eigenvalue weighted by Gasteiger charge is 2.27. The smallest absolute Gasteiger partial charge is 0.257 e. The number of benzene rings is 1. The van der Waals surface area contributed by atoms with Gasteiger partial charge in [0.1, 0.15) is 0 Å². The Hall–Kier alpha value is -1.77. The quantitative estimate of drug-likeness (QED) is 0.862. The predicted molar refractivity (Wildman–Crippen MR) is 103 cm³/mol. The predicted octanol–water partition coefficient (Wildman–Crippen LogP) is 3.48. The van der Waals surface area contributed by atoms with Crippen molar-refractivity contribution in [2.45, 2.75) is 43.9 Å². The van der Waals surface area contributed by atoms with Crippen LogP contribution in [0.25, 0.3) is 0 Å². The molecule has 2 aromatic rings. The van der Waals surface area contributed by atoms with Gasteiger partial charge in [0.05, 0.1) is 10.6 Å². The number of thiazole rings is 1. The summed E-state index contributed by atoms with van der Waals surface area (Å²) >= 11 is 1.36. The minimum absolute atomic E-state index is 0.0940. The van der Waals surface area contributed by atoms with Crippen molar-refractivity contribution < 1.29 is 13.2 Å². The number of hydrogen-bond donors (Lipinski definition) is 1.